The van der Waals surface area contributed by atoms with Gasteiger partial charge in [-0.3, -0.25) is 20.4 Å². The third-order valence-electron chi connectivity index (χ3n) is 2.64. The molecular weight excluding hydrogens is 274 g/mol. The number of aromatic nitrogens is 4. The van der Waals surface area contributed by atoms with Gasteiger partial charge >= 0.3 is 0 Å². The fourth-order valence-electron chi connectivity index (χ4n) is 1.56. The molecule has 21 heavy (non-hydrogen) atoms. The summed E-state index contributed by atoms with van der Waals surface area (Å²) in [6.45, 7) is -0.0784. The first-order chi connectivity index (χ1) is 10.1. The zero-order valence-corrected chi connectivity index (χ0v) is 11.6. The minimum absolute atomic E-state index is 0.0784. The van der Waals surface area contributed by atoms with Gasteiger partial charge < -0.3 is 4.90 Å². The van der Waals surface area contributed by atoms with E-state index in [2.05, 4.69) is 26.4 Å². The molecule has 2 rings (SSSR count). The van der Waals surface area contributed by atoms with Crippen LogP contribution in [0.4, 0.5) is 5.69 Å². The van der Waals surface area contributed by atoms with Crippen molar-refractivity contribution in [3.8, 4) is 0 Å². The van der Waals surface area contributed by atoms with Crippen LogP contribution in [0, 0.1) is 0 Å². The number of hydrogen-bond donors (Lipinski definition) is 2. The van der Waals surface area contributed by atoms with Crippen LogP contribution in [0.5, 0.6) is 0 Å². The van der Waals surface area contributed by atoms with Gasteiger partial charge in [0.2, 0.25) is 0 Å². The molecule has 0 aliphatic rings. The van der Waals surface area contributed by atoms with Crippen LogP contribution < -0.4 is 15.8 Å². The van der Waals surface area contributed by atoms with E-state index in [0.717, 1.165) is 5.69 Å². The maximum atomic E-state index is 11.9. The maximum Gasteiger partial charge on any atom is 0.269 e. The molecule has 1 heterocycles. The van der Waals surface area contributed by atoms with Gasteiger partial charge in [-0.2, -0.15) is 0 Å². The van der Waals surface area contributed by atoms with Crippen LogP contribution in [0.1, 0.15) is 10.4 Å². The summed E-state index contributed by atoms with van der Waals surface area (Å²) >= 11 is 0. The Labute approximate surface area is 120 Å². The Morgan fingerprint density at radius 3 is 2.76 bits per heavy atom. The van der Waals surface area contributed by atoms with E-state index in [9.17, 15) is 9.59 Å². The number of hydrazine groups is 1. The number of anilines is 1. The summed E-state index contributed by atoms with van der Waals surface area (Å²) in [5.41, 5.74) is 5.98. The Bertz CT molecular complexity index is 624. The van der Waals surface area contributed by atoms with Gasteiger partial charge in [0.05, 0.1) is 0 Å². The molecule has 0 unspecified atom stereocenters. The first-order valence-corrected chi connectivity index (χ1v) is 6.13. The molecule has 0 bridgehead atoms. The van der Waals surface area contributed by atoms with Crippen molar-refractivity contribution in [3.63, 3.8) is 0 Å². The Hall–Kier alpha value is -2.97. The highest BCUT2D eigenvalue weighted by Gasteiger charge is 2.09. The fraction of sp³-hybridized carbons (Fsp3) is 0.250. The summed E-state index contributed by atoms with van der Waals surface area (Å²) in [5.74, 6) is -0.830. The number of nitrogens with zero attached hydrogens (tertiary/aromatic N) is 5. The second kappa shape index (κ2) is 6.46. The molecule has 0 saturated carbocycles. The molecular formula is C12H15N7O2. The summed E-state index contributed by atoms with van der Waals surface area (Å²) < 4.78 is 1.24. The van der Waals surface area contributed by atoms with Crippen LogP contribution in [0.15, 0.2) is 30.6 Å². The van der Waals surface area contributed by atoms with Crippen molar-refractivity contribution < 1.29 is 9.59 Å². The highest BCUT2D eigenvalue weighted by Crippen LogP contribution is 2.12. The van der Waals surface area contributed by atoms with E-state index in [-0.39, 0.29) is 6.54 Å². The lowest BCUT2D eigenvalue weighted by Gasteiger charge is -2.13. The number of amides is 2. The molecule has 2 N–H and O–H groups in total. The van der Waals surface area contributed by atoms with Gasteiger partial charge in [0.15, 0.2) is 0 Å². The number of carbonyl (C=O) groups is 2. The highest BCUT2D eigenvalue weighted by molar-refractivity contribution is 5.96. The standard InChI is InChI=1S/C12H15N7O2/c1-18(2)10-5-3-4-9(6-10)12(21)15-14-11(20)7-19-8-13-16-17-19/h3-6,8H,7H2,1-2H3,(H,14,20)(H,15,21). The molecule has 1 aromatic heterocycles. The molecule has 9 heteroatoms. The van der Waals surface area contributed by atoms with Crippen LogP contribution in [-0.2, 0) is 11.3 Å². The van der Waals surface area contributed by atoms with E-state index in [4.69, 9.17) is 0 Å². The molecule has 110 valence electrons. The largest absolute Gasteiger partial charge is 0.378 e. The van der Waals surface area contributed by atoms with E-state index in [1.54, 1.807) is 18.2 Å². The van der Waals surface area contributed by atoms with Gasteiger partial charge in [0.1, 0.15) is 12.9 Å². The molecule has 0 aliphatic heterocycles. The SMILES string of the molecule is CN(C)c1cccc(C(=O)NNC(=O)Cn2cnnn2)c1. The topological polar surface area (TPSA) is 105 Å². The molecule has 2 aromatic rings. The van der Waals surface area contributed by atoms with Crippen molar-refractivity contribution in [2.75, 3.05) is 19.0 Å². The van der Waals surface area contributed by atoms with Crippen LogP contribution in [-0.4, -0.2) is 46.1 Å². The molecule has 0 saturated heterocycles. The van der Waals surface area contributed by atoms with Crippen molar-refractivity contribution in [2.45, 2.75) is 6.54 Å². The Balaban J connectivity index is 1.89. The summed E-state index contributed by atoms with van der Waals surface area (Å²) in [7, 11) is 3.76. The molecule has 0 radical (unpaired) electrons. The van der Waals surface area contributed by atoms with Gasteiger partial charge in [-0.15, -0.1) is 5.10 Å². The predicted molar refractivity (Wildman–Crippen MR) is 74.2 cm³/mol. The van der Waals surface area contributed by atoms with E-state index in [1.165, 1.54) is 11.0 Å². The predicted octanol–water partition coefficient (Wildman–Crippen LogP) is -0.800. The van der Waals surface area contributed by atoms with Gasteiger partial charge in [0.25, 0.3) is 11.8 Å². The number of benzene rings is 1. The van der Waals surface area contributed by atoms with E-state index < -0.39 is 11.8 Å². The third-order valence-corrected chi connectivity index (χ3v) is 2.64. The molecule has 1 aromatic carbocycles. The van der Waals surface area contributed by atoms with Crippen LogP contribution in [0.3, 0.4) is 0 Å². The van der Waals surface area contributed by atoms with Crippen LogP contribution >= 0.6 is 0 Å². The van der Waals surface area contributed by atoms with Gasteiger partial charge in [-0.1, -0.05) is 6.07 Å². The number of hydrogen-bond acceptors (Lipinski definition) is 6. The lowest BCUT2D eigenvalue weighted by molar-refractivity contribution is -0.122. The van der Waals surface area contributed by atoms with Crippen LogP contribution in [0.2, 0.25) is 0 Å². The normalized spacial score (nSPS) is 10.0. The molecule has 0 atom stereocenters. The van der Waals surface area contributed by atoms with Crippen molar-refractivity contribution in [2.24, 2.45) is 0 Å². The van der Waals surface area contributed by atoms with Crippen molar-refractivity contribution >= 4 is 17.5 Å². The Morgan fingerprint density at radius 2 is 2.10 bits per heavy atom. The number of carbonyl (C=O) groups excluding carboxylic acids is 2. The second-order valence-corrected chi connectivity index (χ2v) is 4.45. The third kappa shape index (κ3) is 4.00. The van der Waals surface area contributed by atoms with E-state index in [1.807, 2.05) is 25.1 Å². The average molecular weight is 289 g/mol. The smallest absolute Gasteiger partial charge is 0.269 e. The summed E-state index contributed by atoms with van der Waals surface area (Å²) in [6.07, 6.45) is 1.31. The van der Waals surface area contributed by atoms with Gasteiger partial charge in [-0.25, -0.2) is 4.68 Å². The second-order valence-electron chi connectivity index (χ2n) is 4.45. The highest BCUT2D eigenvalue weighted by atomic mass is 16.2. The summed E-state index contributed by atoms with van der Waals surface area (Å²) in [6, 6.07) is 7.04. The quantitative estimate of drug-likeness (QED) is 0.714. The monoisotopic (exact) mass is 289 g/mol. The zero-order chi connectivity index (χ0) is 15.2. The number of tetrazole rings is 1. The summed E-state index contributed by atoms with van der Waals surface area (Å²) in [5, 5.41) is 10.4. The van der Waals surface area contributed by atoms with E-state index >= 15 is 0 Å². The molecule has 0 fully saturated rings. The first kappa shape index (κ1) is 14.4. The first-order valence-electron chi connectivity index (χ1n) is 6.13. The van der Waals surface area contributed by atoms with Crippen LogP contribution in [0.25, 0.3) is 0 Å². The lowest BCUT2D eigenvalue weighted by atomic mass is 10.2. The van der Waals surface area contributed by atoms with Crippen molar-refractivity contribution in [3.05, 3.63) is 36.2 Å². The molecule has 0 aliphatic carbocycles. The fourth-order valence-corrected chi connectivity index (χ4v) is 1.56. The molecule has 0 spiro atoms. The van der Waals surface area contributed by atoms with E-state index in [0.29, 0.717) is 5.56 Å². The minimum Gasteiger partial charge on any atom is -0.378 e. The van der Waals surface area contributed by atoms with Crippen molar-refractivity contribution in [1.82, 2.24) is 31.1 Å². The number of rotatable bonds is 4. The minimum atomic E-state index is -0.431. The van der Waals surface area contributed by atoms with Gasteiger partial charge in [-0.05, 0) is 28.6 Å². The Morgan fingerprint density at radius 1 is 1.29 bits per heavy atom. The maximum absolute atomic E-state index is 11.9. The molecule has 2 amide bonds. The molecule has 9 nitrogen and oxygen atoms in total. The Kier molecular flexibility index (Phi) is 4.44. The zero-order valence-electron chi connectivity index (χ0n) is 11.6. The lowest BCUT2D eigenvalue weighted by Crippen LogP contribution is -2.43. The summed E-state index contributed by atoms with van der Waals surface area (Å²) in [4.78, 5) is 25.4. The van der Waals surface area contributed by atoms with Crippen molar-refractivity contribution in [1.29, 1.82) is 0 Å². The average Bonchev–Trinajstić information content (AvgIpc) is 2.97. The number of nitrogens with one attached hydrogen (secondary N) is 2. The van der Waals surface area contributed by atoms with Gasteiger partial charge in [0, 0.05) is 25.3 Å².